The Bertz CT molecular complexity index is 410. The van der Waals surface area contributed by atoms with Gasteiger partial charge in [0, 0.05) is 20.1 Å². The maximum absolute atomic E-state index is 11.7. The van der Waals surface area contributed by atoms with Crippen molar-refractivity contribution in [3.8, 4) is 0 Å². The van der Waals surface area contributed by atoms with Crippen LogP contribution in [0.15, 0.2) is 12.1 Å². The van der Waals surface area contributed by atoms with Crippen molar-refractivity contribution in [1.29, 1.82) is 0 Å². The van der Waals surface area contributed by atoms with E-state index in [-0.39, 0.29) is 5.91 Å². The lowest BCUT2D eigenvalue weighted by Gasteiger charge is -2.16. The smallest absolute Gasteiger partial charge is 0.273 e. The van der Waals surface area contributed by atoms with Gasteiger partial charge in [-0.05, 0) is 44.5 Å². The third kappa shape index (κ3) is 3.89. The molecule has 0 aromatic carbocycles. The van der Waals surface area contributed by atoms with Crippen molar-refractivity contribution in [1.82, 2.24) is 20.4 Å². The summed E-state index contributed by atoms with van der Waals surface area (Å²) >= 11 is 0. The Labute approximate surface area is 113 Å². The standard InChI is InChI=1S/C13H21N5O/c1-18(2)13(19)11-5-6-12(17-16-11)15-10-4-3-8-14-9-7-10/h5-6,10,14H,3-4,7-9H2,1-2H3,(H,15,17). The molecule has 1 atom stereocenters. The first-order valence-corrected chi connectivity index (χ1v) is 6.69. The van der Waals surface area contributed by atoms with Crippen molar-refractivity contribution < 1.29 is 4.79 Å². The van der Waals surface area contributed by atoms with Crippen LogP contribution in [0.25, 0.3) is 0 Å². The molecule has 19 heavy (non-hydrogen) atoms. The van der Waals surface area contributed by atoms with Gasteiger partial charge in [-0.1, -0.05) is 0 Å². The van der Waals surface area contributed by atoms with E-state index in [2.05, 4.69) is 20.8 Å². The van der Waals surface area contributed by atoms with E-state index < -0.39 is 0 Å². The van der Waals surface area contributed by atoms with Crippen molar-refractivity contribution in [2.45, 2.75) is 25.3 Å². The Hall–Kier alpha value is -1.69. The zero-order valence-electron chi connectivity index (χ0n) is 11.5. The van der Waals surface area contributed by atoms with Gasteiger partial charge in [-0.25, -0.2) is 0 Å². The highest BCUT2D eigenvalue weighted by Crippen LogP contribution is 2.12. The largest absolute Gasteiger partial charge is 0.366 e. The zero-order valence-corrected chi connectivity index (χ0v) is 11.5. The molecule has 0 radical (unpaired) electrons. The average molecular weight is 263 g/mol. The maximum Gasteiger partial charge on any atom is 0.273 e. The molecular formula is C13H21N5O. The van der Waals surface area contributed by atoms with Crippen LogP contribution in [0.3, 0.4) is 0 Å². The topological polar surface area (TPSA) is 70.2 Å². The van der Waals surface area contributed by atoms with E-state index in [0.717, 1.165) is 31.7 Å². The van der Waals surface area contributed by atoms with Crippen LogP contribution in [0.4, 0.5) is 5.82 Å². The lowest BCUT2D eigenvalue weighted by Crippen LogP contribution is -2.24. The molecule has 0 spiro atoms. The highest BCUT2D eigenvalue weighted by atomic mass is 16.2. The van der Waals surface area contributed by atoms with Crippen LogP contribution >= 0.6 is 0 Å². The molecule has 1 aromatic rings. The molecule has 2 rings (SSSR count). The van der Waals surface area contributed by atoms with Gasteiger partial charge in [-0.3, -0.25) is 4.79 Å². The maximum atomic E-state index is 11.7. The second-order valence-electron chi connectivity index (χ2n) is 5.03. The van der Waals surface area contributed by atoms with Crippen molar-refractivity contribution in [3.63, 3.8) is 0 Å². The van der Waals surface area contributed by atoms with Gasteiger partial charge in [0.05, 0.1) is 0 Å². The van der Waals surface area contributed by atoms with E-state index in [0.29, 0.717) is 11.7 Å². The van der Waals surface area contributed by atoms with Gasteiger partial charge >= 0.3 is 0 Å². The number of amides is 1. The van der Waals surface area contributed by atoms with E-state index >= 15 is 0 Å². The predicted molar refractivity (Wildman–Crippen MR) is 74.2 cm³/mol. The first-order valence-electron chi connectivity index (χ1n) is 6.69. The Morgan fingerprint density at radius 1 is 1.32 bits per heavy atom. The quantitative estimate of drug-likeness (QED) is 0.841. The molecule has 0 saturated carbocycles. The summed E-state index contributed by atoms with van der Waals surface area (Å²) in [6, 6.07) is 3.97. The van der Waals surface area contributed by atoms with E-state index in [9.17, 15) is 4.79 Å². The van der Waals surface area contributed by atoms with E-state index in [4.69, 9.17) is 0 Å². The molecule has 6 heteroatoms. The van der Waals surface area contributed by atoms with Crippen LogP contribution in [-0.4, -0.2) is 54.2 Å². The fourth-order valence-electron chi connectivity index (χ4n) is 2.12. The first-order chi connectivity index (χ1) is 9.16. The Morgan fingerprint density at radius 2 is 2.16 bits per heavy atom. The summed E-state index contributed by atoms with van der Waals surface area (Å²) in [6.45, 7) is 2.11. The van der Waals surface area contributed by atoms with Gasteiger partial charge in [-0.15, -0.1) is 10.2 Å². The minimum absolute atomic E-state index is 0.127. The number of rotatable bonds is 3. The molecule has 1 fully saturated rings. The summed E-state index contributed by atoms with van der Waals surface area (Å²) in [5, 5.41) is 14.8. The van der Waals surface area contributed by atoms with E-state index in [1.807, 2.05) is 6.07 Å². The Morgan fingerprint density at radius 3 is 2.84 bits per heavy atom. The predicted octanol–water partition coefficient (Wildman–Crippen LogP) is 0.732. The van der Waals surface area contributed by atoms with Crippen LogP contribution in [0, 0.1) is 0 Å². The van der Waals surface area contributed by atoms with Crippen molar-refractivity contribution in [2.24, 2.45) is 0 Å². The summed E-state index contributed by atoms with van der Waals surface area (Å²) in [6.07, 6.45) is 3.38. The van der Waals surface area contributed by atoms with Crippen molar-refractivity contribution in [2.75, 3.05) is 32.5 Å². The number of nitrogens with zero attached hydrogens (tertiary/aromatic N) is 3. The fraction of sp³-hybridized carbons (Fsp3) is 0.615. The number of hydrogen-bond donors (Lipinski definition) is 2. The third-order valence-corrected chi connectivity index (χ3v) is 3.22. The van der Waals surface area contributed by atoms with Gasteiger partial charge in [0.2, 0.25) is 0 Å². The summed E-state index contributed by atoms with van der Waals surface area (Å²) < 4.78 is 0. The van der Waals surface area contributed by atoms with Crippen molar-refractivity contribution in [3.05, 3.63) is 17.8 Å². The second kappa shape index (κ2) is 6.47. The molecule has 0 bridgehead atoms. The summed E-state index contributed by atoms with van der Waals surface area (Å²) in [7, 11) is 3.41. The zero-order chi connectivity index (χ0) is 13.7. The lowest BCUT2D eigenvalue weighted by molar-refractivity contribution is 0.0821. The molecule has 1 saturated heterocycles. The second-order valence-corrected chi connectivity index (χ2v) is 5.03. The molecule has 2 N–H and O–H groups in total. The summed E-state index contributed by atoms with van der Waals surface area (Å²) in [5.74, 6) is 0.611. The molecule has 1 aliphatic heterocycles. The number of aromatic nitrogens is 2. The number of hydrogen-bond acceptors (Lipinski definition) is 5. The molecule has 6 nitrogen and oxygen atoms in total. The van der Waals surface area contributed by atoms with E-state index in [1.165, 1.54) is 11.3 Å². The van der Waals surface area contributed by atoms with Gasteiger partial charge in [0.25, 0.3) is 5.91 Å². The molecular weight excluding hydrogens is 242 g/mol. The van der Waals surface area contributed by atoms with E-state index in [1.54, 1.807) is 20.2 Å². The first kappa shape index (κ1) is 13.7. The minimum atomic E-state index is -0.127. The van der Waals surface area contributed by atoms with Crippen LogP contribution in [-0.2, 0) is 0 Å². The number of anilines is 1. The molecule has 1 unspecified atom stereocenters. The van der Waals surface area contributed by atoms with Gasteiger partial charge in [0.15, 0.2) is 5.69 Å². The summed E-state index contributed by atoms with van der Waals surface area (Å²) in [4.78, 5) is 13.2. The fourth-order valence-corrected chi connectivity index (χ4v) is 2.12. The number of carbonyl (C=O) groups excluding carboxylic acids is 1. The highest BCUT2D eigenvalue weighted by molar-refractivity contribution is 5.91. The molecule has 104 valence electrons. The average Bonchev–Trinajstić information content (AvgIpc) is 2.67. The summed E-state index contributed by atoms with van der Waals surface area (Å²) in [5.41, 5.74) is 0.373. The van der Waals surface area contributed by atoms with Gasteiger partial charge in [0.1, 0.15) is 5.82 Å². The Balaban J connectivity index is 1.96. The number of nitrogens with one attached hydrogen (secondary N) is 2. The molecule has 1 aliphatic rings. The normalized spacial score (nSPS) is 19.6. The van der Waals surface area contributed by atoms with Crippen LogP contribution in [0.5, 0.6) is 0 Å². The van der Waals surface area contributed by atoms with Crippen molar-refractivity contribution >= 4 is 11.7 Å². The SMILES string of the molecule is CN(C)C(=O)c1ccc(NC2CCCNCC2)nn1. The van der Waals surface area contributed by atoms with Gasteiger partial charge in [-0.2, -0.15) is 0 Å². The molecule has 0 aliphatic carbocycles. The van der Waals surface area contributed by atoms with Crippen LogP contribution < -0.4 is 10.6 Å². The lowest BCUT2D eigenvalue weighted by atomic mass is 10.1. The monoisotopic (exact) mass is 263 g/mol. The molecule has 1 aromatic heterocycles. The minimum Gasteiger partial charge on any atom is -0.366 e. The van der Waals surface area contributed by atoms with Crippen LogP contribution in [0.1, 0.15) is 29.8 Å². The molecule has 2 heterocycles. The number of carbonyl (C=O) groups is 1. The van der Waals surface area contributed by atoms with Gasteiger partial charge < -0.3 is 15.5 Å². The van der Waals surface area contributed by atoms with Crippen LogP contribution in [0.2, 0.25) is 0 Å². The highest BCUT2D eigenvalue weighted by Gasteiger charge is 2.13. The third-order valence-electron chi connectivity index (χ3n) is 3.22. The molecule has 1 amide bonds. The Kier molecular flexibility index (Phi) is 4.68.